The molecule has 14 N–H and O–H groups in total. The number of carboxylic acid groups (broad SMARTS) is 2. The molecule has 12 aliphatic rings. The fraction of sp³-hybridized carbons (Fsp3) is 0.495. The molecule has 4 aromatic rings. The highest BCUT2D eigenvalue weighted by molar-refractivity contribution is 9.12. The molecule has 1 amide bonds. The second-order valence-corrected chi connectivity index (χ2v) is 34.8. The molecule has 19 heteroatoms. The van der Waals surface area contributed by atoms with Crippen LogP contribution in [0.4, 0.5) is 0 Å². The highest BCUT2D eigenvalue weighted by Gasteiger charge is 2.43. The summed E-state index contributed by atoms with van der Waals surface area (Å²) in [6.07, 6.45) is 53.7. The van der Waals surface area contributed by atoms with Crippen molar-refractivity contribution in [3.63, 3.8) is 0 Å². The Labute approximate surface area is 658 Å². The quantitative estimate of drug-likeness (QED) is 0.0359. The van der Waals surface area contributed by atoms with Gasteiger partial charge in [-0.2, -0.15) is 0 Å². The minimum Gasteiger partial charge on any atom is -0.481 e. The topological polar surface area (TPSA) is 349 Å². The largest absolute Gasteiger partial charge is 0.481 e. The summed E-state index contributed by atoms with van der Waals surface area (Å²) in [7, 11) is 0. The lowest BCUT2D eigenvalue weighted by Gasteiger charge is -2.39. The smallest absolute Gasteiger partial charge is 0.317 e. The van der Waals surface area contributed by atoms with Crippen molar-refractivity contribution in [2.75, 3.05) is 32.7 Å². The number of benzene rings is 4. The Morgan fingerprint density at radius 2 is 0.745 bits per heavy atom. The van der Waals surface area contributed by atoms with Crippen LogP contribution < -0.4 is 22.9 Å². The van der Waals surface area contributed by atoms with Crippen molar-refractivity contribution < 1.29 is 39.0 Å². The summed E-state index contributed by atoms with van der Waals surface area (Å²) in [4.78, 5) is 71.8. The number of piperidine rings is 2. The number of carboxylic acids is 2. The van der Waals surface area contributed by atoms with Crippen LogP contribution in [0.5, 0.6) is 0 Å². The maximum Gasteiger partial charge on any atom is 0.317 e. The highest BCUT2D eigenvalue weighted by atomic mass is 79.9. The van der Waals surface area contributed by atoms with Crippen LogP contribution in [0.1, 0.15) is 263 Å². The van der Waals surface area contributed by atoms with Gasteiger partial charge in [0.1, 0.15) is 29.8 Å². The van der Waals surface area contributed by atoms with Gasteiger partial charge in [0.2, 0.25) is 5.91 Å². The first-order valence-electron chi connectivity index (χ1n) is 40.4. The molecular weight excluding hydrogens is 1440 g/mol. The molecule has 18 nitrogen and oxygen atoms in total. The van der Waals surface area contributed by atoms with Crippen molar-refractivity contribution in [3.05, 3.63) is 189 Å². The molecule has 2 heterocycles. The number of rotatable bonds is 12. The zero-order valence-electron chi connectivity index (χ0n) is 64.3. The number of nitrogen functional groups attached to an aromatic ring is 4. The summed E-state index contributed by atoms with van der Waals surface area (Å²) in [6, 6.07) is 31.2. The Morgan fingerprint density at radius 1 is 0.400 bits per heavy atom. The Morgan fingerprint density at radius 3 is 1.09 bits per heavy atom. The number of allylic oxidation sites excluding steroid dienone is 12. The van der Waals surface area contributed by atoms with Crippen LogP contribution in [-0.4, -0.2) is 111 Å². The lowest BCUT2D eigenvalue weighted by atomic mass is 9.71. The summed E-state index contributed by atoms with van der Waals surface area (Å²) in [6.45, 7) is 3.17. The molecule has 110 heavy (non-hydrogen) atoms. The number of amidine groups is 4. The molecule has 4 aromatic carbocycles. The zero-order valence-corrected chi connectivity index (χ0v) is 65.9. The second kappa shape index (κ2) is 36.5. The van der Waals surface area contributed by atoms with E-state index in [2.05, 4.69) is 64.5 Å². The summed E-state index contributed by atoms with van der Waals surface area (Å²) in [5.74, 6) is -0.802. The summed E-state index contributed by atoms with van der Waals surface area (Å²) in [5.41, 5.74) is 36.4. The van der Waals surface area contributed by atoms with Gasteiger partial charge >= 0.3 is 11.9 Å². The number of likely N-dealkylation sites (tertiary alicyclic amines) is 2. The molecule has 584 valence electrons. The Balaban J connectivity index is 0.000000133. The van der Waals surface area contributed by atoms with E-state index >= 15 is 0 Å². The summed E-state index contributed by atoms with van der Waals surface area (Å²) >= 11 is 3.33. The maximum absolute atomic E-state index is 12.3. The molecule has 6 spiro atoms. The minimum absolute atomic E-state index is 0.0621. The Bertz CT molecular complexity index is 4260. The molecule has 2 aliphatic heterocycles. The van der Waals surface area contributed by atoms with Gasteiger partial charge in [0.15, 0.2) is 17.3 Å². The van der Waals surface area contributed by atoms with Crippen LogP contribution in [-0.2, 0) is 28.8 Å². The number of carbonyl (C=O) groups is 6. The van der Waals surface area contributed by atoms with E-state index in [0.717, 1.165) is 128 Å². The molecule has 4 saturated carbocycles. The fourth-order valence-corrected chi connectivity index (χ4v) is 20.1. The molecular formula is C91H115BrN10O8. The third kappa shape index (κ3) is 21.4. The monoisotopic (exact) mass is 1550 g/mol. The molecule has 0 unspecified atom stereocenters. The number of hydrogen-bond donors (Lipinski definition) is 10. The number of ketones is 3. The van der Waals surface area contributed by atoms with E-state index in [4.69, 9.17) is 54.8 Å². The second-order valence-electron chi connectivity index (χ2n) is 34.0. The number of carbonyl (C=O) groups excluding carboxylic acids is 4. The van der Waals surface area contributed by atoms with Crippen molar-refractivity contribution in [2.45, 2.75) is 218 Å². The molecule has 0 aromatic heterocycles. The zero-order chi connectivity index (χ0) is 78.3. The normalized spacial score (nSPS) is 21.9. The van der Waals surface area contributed by atoms with Crippen LogP contribution in [0.2, 0.25) is 0 Å². The SMILES string of the molecule is N=C(N)c1ccc(C2=CC3(CCCCC3)CC2=O)cc1.N=C(N)c1ccc(C2=CCC3(CCCCC3)C2)cc1.N=C(N)c1ccc(C2=CCC3(CCN(C(=O)CC(=O)O)CC3)C2)cc1.N=C(N)c1ccc(C2=CCC3(CCN(CC(=O)O)CC3)C2)cc1.O=C1C=CC2(CCCCC2)C1.O=C1CC2(C=C1Br)CCCCC2. The number of Topliss-reactive ketones (excluding diaryl/α,β-unsaturated/α-hetero) is 2. The Hall–Kier alpha value is -8.94. The number of nitrogens with two attached hydrogens (primary N) is 4. The summed E-state index contributed by atoms with van der Waals surface area (Å²) in [5, 5.41) is 47.4. The van der Waals surface area contributed by atoms with Gasteiger partial charge in [-0.25, -0.2) is 0 Å². The van der Waals surface area contributed by atoms with E-state index in [1.807, 2.05) is 89.8 Å². The minimum atomic E-state index is -1.07. The molecule has 2 saturated heterocycles. The van der Waals surface area contributed by atoms with Gasteiger partial charge in [-0.1, -0.05) is 211 Å². The van der Waals surface area contributed by atoms with Crippen molar-refractivity contribution in [2.24, 2.45) is 55.4 Å². The van der Waals surface area contributed by atoms with Crippen LogP contribution in [0.3, 0.4) is 0 Å². The van der Waals surface area contributed by atoms with Gasteiger partial charge in [0.05, 0.1) is 11.0 Å². The van der Waals surface area contributed by atoms with Crippen molar-refractivity contribution in [1.82, 2.24) is 9.80 Å². The molecule has 10 aliphatic carbocycles. The van der Waals surface area contributed by atoms with E-state index in [1.54, 1.807) is 11.0 Å². The predicted octanol–water partition coefficient (Wildman–Crippen LogP) is 17.6. The van der Waals surface area contributed by atoms with Gasteiger partial charge in [-0.05, 0) is 222 Å². The third-order valence-electron chi connectivity index (χ3n) is 26.1. The highest BCUT2D eigenvalue weighted by Crippen LogP contribution is 2.54. The van der Waals surface area contributed by atoms with Gasteiger partial charge in [-0.15, -0.1) is 0 Å². The average Bonchev–Trinajstić information content (AvgIpc) is 1.63. The molecule has 0 bridgehead atoms. The number of amides is 1. The molecule has 6 fully saturated rings. The van der Waals surface area contributed by atoms with Gasteiger partial charge in [0, 0.05) is 60.2 Å². The van der Waals surface area contributed by atoms with Crippen LogP contribution >= 0.6 is 15.9 Å². The number of hydrogen-bond acceptors (Lipinski definition) is 11. The standard InChI is InChI=1S/C19H23N3O3.C18H23N3O2.C17H20N2O.C17H22N2.C10H13BrO.C10H14O/c20-18(21)14-3-1-13(2-4-14)15-5-6-19(12-15)7-9-22(10-8-19)16(23)11-17(24)25;19-17(20)14-3-1-13(2-4-14)15-5-6-18(11-15)7-9-21(10-8-18)12-16(22)23;18-16(19)13-6-4-12(5-7-13)14-10-17(11-15(14)20)8-2-1-3-9-17;18-16(19)14-6-4-13(5-7-14)15-8-11-17(12-15)9-2-1-3-10-17;11-8-6-10(7-9(8)12)4-2-1-3-5-10;11-9-4-7-10(8-9)5-2-1-3-6-10/h1-5H,6-12H2,(H3,20,21)(H,24,25);1-5H,6-12H2,(H3,19,20)(H,22,23);4-7,10H,1-3,8-9,11H2,(H3,18,19);4-8H,1-3,9-12H2,(H3,18,19);6H,1-5,7H2;4,7H,1-3,5-6,8H2. The lowest BCUT2D eigenvalue weighted by molar-refractivity contribution is -0.145. The van der Waals surface area contributed by atoms with Crippen molar-refractivity contribution in [3.8, 4) is 0 Å². The molecule has 0 radical (unpaired) electrons. The number of halogens is 1. The average molecular weight is 1560 g/mol. The lowest BCUT2D eigenvalue weighted by Crippen LogP contribution is -2.43. The van der Waals surface area contributed by atoms with E-state index in [9.17, 15) is 28.8 Å². The van der Waals surface area contributed by atoms with Crippen LogP contribution in [0.15, 0.2) is 144 Å². The van der Waals surface area contributed by atoms with E-state index in [0.29, 0.717) is 52.9 Å². The number of nitrogens with zero attached hydrogens (tertiary/aromatic N) is 2. The van der Waals surface area contributed by atoms with E-state index in [-0.39, 0.29) is 57.8 Å². The fourth-order valence-electron chi connectivity index (χ4n) is 19.4. The third-order valence-corrected chi connectivity index (χ3v) is 26.8. The predicted molar refractivity (Wildman–Crippen MR) is 443 cm³/mol. The Kier molecular flexibility index (Phi) is 27.2. The van der Waals surface area contributed by atoms with Gasteiger partial charge in [0.25, 0.3) is 0 Å². The summed E-state index contributed by atoms with van der Waals surface area (Å²) < 4.78 is 0.824. The number of aliphatic carboxylic acids is 2. The van der Waals surface area contributed by atoms with Gasteiger partial charge < -0.3 is 38.0 Å². The number of nitrogens with one attached hydrogen (secondary N) is 4. The maximum atomic E-state index is 12.3. The van der Waals surface area contributed by atoms with Gasteiger partial charge in [-0.3, -0.25) is 55.3 Å². The van der Waals surface area contributed by atoms with E-state index < -0.39 is 18.4 Å². The van der Waals surface area contributed by atoms with Crippen molar-refractivity contribution in [1.29, 1.82) is 21.6 Å². The molecule has 0 atom stereocenters. The van der Waals surface area contributed by atoms with Crippen molar-refractivity contribution >= 4 is 96.8 Å². The first kappa shape index (κ1) is 82.0. The molecule has 16 rings (SSSR count). The van der Waals surface area contributed by atoms with Crippen LogP contribution in [0.25, 0.3) is 22.3 Å². The first-order valence-corrected chi connectivity index (χ1v) is 41.2. The van der Waals surface area contributed by atoms with E-state index in [1.165, 1.54) is 156 Å². The first-order chi connectivity index (χ1) is 52.7. The van der Waals surface area contributed by atoms with Crippen LogP contribution in [0, 0.1) is 54.1 Å².